The van der Waals surface area contributed by atoms with Crippen molar-refractivity contribution in [1.82, 2.24) is 4.98 Å². The van der Waals surface area contributed by atoms with Crippen molar-refractivity contribution in [2.45, 2.75) is 13.0 Å². The van der Waals surface area contributed by atoms with Gasteiger partial charge in [-0.25, -0.2) is 4.98 Å². The van der Waals surface area contributed by atoms with Crippen LogP contribution in [0.5, 0.6) is 0 Å². The van der Waals surface area contributed by atoms with Crippen LogP contribution in [0.1, 0.15) is 18.5 Å². The van der Waals surface area contributed by atoms with Crippen molar-refractivity contribution >= 4 is 50.4 Å². The van der Waals surface area contributed by atoms with Gasteiger partial charge in [-0.15, -0.1) is 11.3 Å². The maximum Gasteiger partial charge on any atom is 0.0813 e. The van der Waals surface area contributed by atoms with E-state index >= 15 is 0 Å². The molecular formula is C15H12Cl2N2S. The van der Waals surface area contributed by atoms with Gasteiger partial charge in [-0.05, 0) is 48.9 Å². The second-order valence-corrected chi connectivity index (χ2v) is 6.30. The maximum atomic E-state index is 6.23. The lowest BCUT2D eigenvalue weighted by Gasteiger charge is -2.17. The lowest BCUT2D eigenvalue weighted by molar-refractivity contribution is 0.885. The summed E-state index contributed by atoms with van der Waals surface area (Å²) in [6, 6.07) is 11.7. The maximum absolute atomic E-state index is 6.23. The Kier molecular flexibility index (Phi) is 3.83. The van der Waals surface area contributed by atoms with Crippen molar-refractivity contribution in [3.63, 3.8) is 0 Å². The molecule has 0 bridgehead atoms. The molecule has 0 amide bonds. The van der Waals surface area contributed by atoms with E-state index in [-0.39, 0.29) is 6.04 Å². The Balaban J connectivity index is 1.87. The quantitative estimate of drug-likeness (QED) is 0.661. The van der Waals surface area contributed by atoms with E-state index in [4.69, 9.17) is 23.2 Å². The first kappa shape index (κ1) is 13.7. The van der Waals surface area contributed by atoms with Gasteiger partial charge in [0.25, 0.3) is 0 Å². The summed E-state index contributed by atoms with van der Waals surface area (Å²) in [6.07, 6.45) is 0. The van der Waals surface area contributed by atoms with Crippen LogP contribution in [0.3, 0.4) is 0 Å². The van der Waals surface area contributed by atoms with Crippen LogP contribution in [-0.2, 0) is 0 Å². The van der Waals surface area contributed by atoms with E-state index in [1.165, 1.54) is 4.70 Å². The van der Waals surface area contributed by atoms with E-state index in [0.717, 1.165) is 16.8 Å². The van der Waals surface area contributed by atoms with Crippen LogP contribution >= 0.6 is 34.5 Å². The van der Waals surface area contributed by atoms with Gasteiger partial charge in [-0.2, -0.15) is 0 Å². The lowest BCUT2D eigenvalue weighted by Crippen LogP contribution is -2.07. The van der Waals surface area contributed by atoms with Gasteiger partial charge in [0.2, 0.25) is 0 Å². The summed E-state index contributed by atoms with van der Waals surface area (Å²) in [5.74, 6) is 0. The highest BCUT2D eigenvalue weighted by Crippen LogP contribution is 2.30. The van der Waals surface area contributed by atoms with Crippen LogP contribution in [0, 0.1) is 0 Å². The molecule has 0 aliphatic rings. The molecule has 1 unspecified atom stereocenters. The molecule has 1 heterocycles. The summed E-state index contributed by atoms with van der Waals surface area (Å²) >= 11 is 13.9. The van der Waals surface area contributed by atoms with Gasteiger partial charge in [0, 0.05) is 15.7 Å². The Bertz CT molecular complexity index is 754. The van der Waals surface area contributed by atoms with E-state index < -0.39 is 0 Å². The summed E-state index contributed by atoms with van der Waals surface area (Å²) in [7, 11) is 0. The van der Waals surface area contributed by atoms with E-state index in [0.29, 0.717) is 10.0 Å². The summed E-state index contributed by atoms with van der Waals surface area (Å²) in [5, 5.41) is 4.85. The molecule has 1 aromatic heterocycles. The lowest BCUT2D eigenvalue weighted by atomic mass is 10.1. The number of hydrogen-bond acceptors (Lipinski definition) is 3. The minimum atomic E-state index is 0.0755. The predicted molar refractivity (Wildman–Crippen MR) is 88.1 cm³/mol. The number of nitrogens with zero attached hydrogens (tertiary/aromatic N) is 1. The Morgan fingerprint density at radius 1 is 1.15 bits per heavy atom. The highest BCUT2D eigenvalue weighted by Gasteiger charge is 2.10. The number of hydrogen-bond donors (Lipinski definition) is 1. The minimum absolute atomic E-state index is 0.0755. The fourth-order valence-corrected chi connectivity index (χ4v) is 3.30. The Morgan fingerprint density at radius 3 is 2.85 bits per heavy atom. The number of nitrogens with one attached hydrogen (secondary N) is 1. The van der Waals surface area contributed by atoms with E-state index in [1.807, 2.05) is 29.8 Å². The molecule has 0 aliphatic heterocycles. The number of benzene rings is 2. The number of anilines is 1. The molecule has 0 saturated carbocycles. The highest BCUT2D eigenvalue weighted by molar-refractivity contribution is 7.16. The number of halogens is 2. The van der Waals surface area contributed by atoms with Crippen molar-refractivity contribution in [2.24, 2.45) is 0 Å². The molecule has 1 N–H and O–H groups in total. The van der Waals surface area contributed by atoms with Crippen LogP contribution in [0.15, 0.2) is 41.9 Å². The van der Waals surface area contributed by atoms with Crippen LogP contribution in [0.25, 0.3) is 10.2 Å². The second kappa shape index (κ2) is 5.60. The van der Waals surface area contributed by atoms with Gasteiger partial charge < -0.3 is 5.32 Å². The first-order chi connectivity index (χ1) is 9.63. The van der Waals surface area contributed by atoms with Crippen LogP contribution in [0.2, 0.25) is 10.0 Å². The molecule has 5 heteroatoms. The molecule has 0 radical (unpaired) electrons. The Morgan fingerprint density at radius 2 is 2.00 bits per heavy atom. The van der Waals surface area contributed by atoms with Gasteiger partial charge >= 0.3 is 0 Å². The summed E-state index contributed by atoms with van der Waals surface area (Å²) in [4.78, 5) is 4.28. The number of thiazole rings is 1. The molecule has 1 atom stereocenters. The molecule has 0 fully saturated rings. The largest absolute Gasteiger partial charge is 0.378 e. The van der Waals surface area contributed by atoms with Crippen molar-refractivity contribution in [3.8, 4) is 0 Å². The van der Waals surface area contributed by atoms with Gasteiger partial charge in [0.1, 0.15) is 0 Å². The zero-order valence-corrected chi connectivity index (χ0v) is 13.1. The van der Waals surface area contributed by atoms with E-state index in [9.17, 15) is 0 Å². The fourth-order valence-electron chi connectivity index (χ4n) is 2.12. The fraction of sp³-hybridized carbons (Fsp3) is 0.133. The number of aromatic nitrogens is 1. The first-order valence-electron chi connectivity index (χ1n) is 6.18. The second-order valence-electron chi connectivity index (χ2n) is 4.57. The van der Waals surface area contributed by atoms with Crippen LogP contribution < -0.4 is 5.32 Å². The SMILES string of the molecule is CC(Nc1ccc2ncsc2c1)c1cc(Cl)ccc1Cl. The molecule has 3 aromatic rings. The normalized spacial score (nSPS) is 12.6. The molecule has 3 rings (SSSR count). The molecule has 0 spiro atoms. The number of rotatable bonds is 3. The average Bonchev–Trinajstić information content (AvgIpc) is 2.89. The molecular weight excluding hydrogens is 311 g/mol. The summed E-state index contributed by atoms with van der Waals surface area (Å²) in [5.41, 5.74) is 4.91. The highest BCUT2D eigenvalue weighted by atomic mass is 35.5. The molecule has 2 nitrogen and oxygen atoms in total. The van der Waals surface area contributed by atoms with Gasteiger partial charge in [0.15, 0.2) is 0 Å². The van der Waals surface area contributed by atoms with Gasteiger partial charge in [-0.1, -0.05) is 23.2 Å². The number of fused-ring (bicyclic) bond motifs is 1. The molecule has 102 valence electrons. The minimum Gasteiger partial charge on any atom is -0.378 e. The summed E-state index contributed by atoms with van der Waals surface area (Å²) < 4.78 is 1.17. The third-order valence-electron chi connectivity index (χ3n) is 3.14. The smallest absolute Gasteiger partial charge is 0.0813 e. The molecule has 2 aromatic carbocycles. The van der Waals surface area contributed by atoms with Crippen molar-refractivity contribution < 1.29 is 0 Å². The first-order valence-corrected chi connectivity index (χ1v) is 7.82. The zero-order valence-electron chi connectivity index (χ0n) is 10.7. The molecule has 0 saturated heterocycles. The molecule has 20 heavy (non-hydrogen) atoms. The van der Waals surface area contributed by atoms with Crippen LogP contribution in [-0.4, -0.2) is 4.98 Å². The Hall–Kier alpha value is -1.29. The topological polar surface area (TPSA) is 24.9 Å². The van der Waals surface area contributed by atoms with Crippen molar-refractivity contribution in [2.75, 3.05) is 5.32 Å². The standard InChI is InChI=1S/C15H12Cl2N2S/c1-9(12-6-10(16)2-4-13(12)17)19-11-3-5-14-15(7-11)20-8-18-14/h2-9,19H,1H3. The zero-order chi connectivity index (χ0) is 14.1. The van der Waals surface area contributed by atoms with E-state index in [2.05, 4.69) is 23.3 Å². The van der Waals surface area contributed by atoms with Crippen molar-refractivity contribution in [3.05, 3.63) is 57.5 Å². The van der Waals surface area contributed by atoms with Gasteiger partial charge in [0.05, 0.1) is 21.8 Å². The molecule has 0 aliphatic carbocycles. The van der Waals surface area contributed by atoms with E-state index in [1.54, 1.807) is 17.4 Å². The van der Waals surface area contributed by atoms with Crippen molar-refractivity contribution in [1.29, 1.82) is 0 Å². The Labute approximate surface area is 131 Å². The predicted octanol–water partition coefficient (Wildman–Crippen LogP) is 5.78. The summed E-state index contributed by atoms with van der Waals surface area (Å²) in [6.45, 7) is 2.06. The van der Waals surface area contributed by atoms with Gasteiger partial charge in [-0.3, -0.25) is 0 Å². The third-order valence-corrected chi connectivity index (χ3v) is 4.51. The average molecular weight is 323 g/mol. The van der Waals surface area contributed by atoms with Crippen LogP contribution in [0.4, 0.5) is 5.69 Å². The third kappa shape index (κ3) is 2.75. The monoisotopic (exact) mass is 322 g/mol.